The molecule has 3 N–H and O–H groups in total. The Kier molecular flexibility index (Phi) is 5.35. The summed E-state index contributed by atoms with van der Waals surface area (Å²) in [4.78, 5) is 13.7. The normalized spacial score (nSPS) is 10.2. The molecule has 0 fully saturated rings. The average Bonchev–Trinajstić information content (AvgIpc) is 2.54. The van der Waals surface area contributed by atoms with Crippen LogP contribution in [0.2, 0.25) is 0 Å². The summed E-state index contributed by atoms with van der Waals surface area (Å²) in [6.45, 7) is 1.65. The van der Waals surface area contributed by atoms with Crippen LogP contribution in [-0.4, -0.2) is 18.0 Å². The van der Waals surface area contributed by atoms with E-state index < -0.39 is 0 Å². The van der Waals surface area contributed by atoms with Gasteiger partial charge >= 0.3 is 6.03 Å². The molecule has 0 aliphatic carbocycles. The Morgan fingerprint density at radius 2 is 1.62 bits per heavy atom. The van der Waals surface area contributed by atoms with Crippen molar-refractivity contribution < 1.29 is 4.79 Å². The number of urea groups is 1. The van der Waals surface area contributed by atoms with Crippen molar-refractivity contribution in [3.63, 3.8) is 0 Å². The number of nitrogens with one attached hydrogen (secondary N) is 1. The van der Waals surface area contributed by atoms with Crippen LogP contribution in [0.4, 0.5) is 4.79 Å². The molecule has 0 aliphatic rings. The van der Waals surface area contributed by atoms with E-state index in [2.05, 4.69) is 5.32 Å². The van der Waals surface area contributed by atoms with Gasteiger partial charge in [-0.3, -0.25) is 0 Å². The van der Waals surface area contributed by atoms with Crippen molar-refractivity contribution in [2.45, 2.75) is 19.6 Å². The molecule has 2 rings (SSSR count). The minimum atomic E-state index is -0.0817. The first-order valence-electron chi connectivity index (χ1n) is 7.00. The molecule has 2 aromatic rings. The standard InChI is InChI=1S/C17H21N3O/c1-20(13-16-9-7-14(11-18)8-10-16)17(21)19-12-15-5-3-2-4-6-15/h2-10H,11-13,18H2,1H3,(H,19,21). The molecule has 0 saturated heterocycles. The fraction of sp³-hybridized carbons (Fsp3) is 0.235. The summed E-state index contributed by atoms with van der Waals surface area (Å²) in [6.07, 6.45) is 0. The Bertz CT molecular complexity index is 566. The number of hydrogen-bond donors (Lipinski definition) is 2. The largest absolute Gasteiger partial charge is 0.334 e. The second kappa shape index (κ2) is 7.45. The van der Waals surface area contributed by atoms with Crippen molar-refractivity contribution in [1.82, 2.24) is 10.2 Å². The van der Waals surface area contributed by atoms with Crippen molar-refractivity contribution in [2.24, 2.45) is 5.73 Å². The SMILES string of the molecule is CN(Cc1ccc(CN)cc1)C(=O)NCc1ccccc1. The molecule has 0 bridgehead atoms. The third-order valence-corrected chi connectivity index (χ3v) is 3.31. The van der Waals surface area contributed by atoms with Crippen LogP contribution in [0.5, 0.6) is 0 Å². The van der Waals surface area contributed by atoms with E-state index >= 15 is 0 Å². The van der Waals surface area contributed by atoms with Crippen LogP contribution in [0, 0.1) is 0 Å². The van der Waals surface area contributed by atoms with Crippen LogP contribution in [0.3, 0.4) is 0 Å². The molecule has 2 amide bonds. The Hall–Kier alpha value is -2.33. The average molecular weight is 283 g/mol. The van der Waals surface area contributed by atoms with Gasteiger partial charge in [-0.15, -0.1) is 0 Å². The first kappa shape index (κ1) is 15.1. The maximum absolute atomic E-state index is 12.0. The molecule has 0 heterocycles. The lowest BCUT2D eigenvalue weighted by molar-refractivity contribution is 0.206. The Morgan fingerprint density at radius 1 is 1.00 bits per heavy atom. The van der Waals surface area contributed by atoms with Crippen LogP contribution in [0.25, 0.3) is 0 Å². The van der Waals surface area contributed by atoms with Crippen LogP contribution in [-0.2, 0) is 19.6 Å². The number of rotatable bonds is 5. The number of amides is 2. The quantitative estimate of drug-likeness (QED) is 0.885. The number of carbonyl (C=O) groups is 1. The number of benzene rings is 2. The first-order chi connectivity index (χ1) is 10.2. The topological polar surface area (TPSA) is 58.4 Å². The molecule has 0 radical (unpaired) electrons. The summed E-state index contributed by atoms with van der Waals surface area (Å²) in [5.74, 6) is 0. The molecule has 21 heavy (non-hydrogen) atoms. The highest BCUT2D eigenvalue weighted by atomic mass is 16.2. The van der Waals surface area contributed by atoms with E-state index in [0.29, 0.717) is 19.6 Å². The number of hydrogen-bond acceptors (Lipinski definition) is 2. The fourth-order valence-corrected chi connectivity index (χ4v) is 2.03. The van der Waals surface area contributed by atoms with Gasteiger partial charge in [-0.05, 0) is 16.7 Å². The molecule has 4 heteroatoms. The molecule has 0 aromatic heterocycles. The van der Waals surface area contributed by atoms with Crippen molar-refractivity contribution in [3.8, 4) is 0 Å². The van der Waals surface area contributed by atoms with E-state index in [1.54, 1.807) is 11.9 Å². The van der Waals surface area contributed by atoms with Gasteiger partial charge in [0.2, 0.25) is 0 Å². The van der Waals surface area contributed by atoms with Gasteiger partial charge in [-0.25, -0.2) is 4.79 Å². The zero-order valence-corrected chi connectivity index (χ0v) is 12.3. The predicted molar refractivity (Wildman–Crippen MR) is 84.5 cm³/mol. The Balaban J connectivity index is 1.84. The van der Waals surface area contributed by atoms with Gasteiger partial charge in [-0.1, -0.05) is 54.6 Å². The minimum Gasteiger partial charge on any atom is -0.334 e. The smallest absolute Gasteiger partial charge is 0.317 e. The Morgan fingerprint density at radius 3 is 2.24 bits per heavy atom. The van der Waals surface area contributed by atoms with Crippen LogP contribution < -0.4 is 11.1 Å². The van der Waals surface area contributed by atoms with E-state index in [9.17, 15) is 4.79 Å². The Labute approximate surface area is 125 Å². The highest BCUT2D eigenvalue weighted by Gasteiger charge is 2.08. The van der Waals surface area contributed by atoms with E-state index in [-0.39, 0.29) is 6.03 Å². The lowest BCUT2D eigenvalue weighted by Crippen LogP contribution is -2.36. The zero-order chi connectivity index (χ0) is 15.1. The lowest BCUT2D eigenvalue weighted by Gasteiger charge is -2.18. The number of nitrogens with two attached hydrogens (primary N) is 1. The monoisotopic (exact) mass is 283 g/mol. The predicted octanol–water partition coefficient (Wildman–Crippen LogP) is 2.49. The van der Waals surface area contributed by atoms with Crippen LogP contribution in [0.1, 0.15) is 16.7 Å². The molecular weight excluding hydrogens is 262 g/mol. The minimum absolute atomic E-state index is 0.0817. The summed E-state index contributed by atoms with van der Waals surface area (Å²) in [6, 6.07) is 17.8. The molecule has 110 valence electrons. The zero-order valence-electron chi connectivity index (χ0n) is 12.3. The van der Waals surface area contributed by atoms with Gasteiger partial charge in [0, 0.05) is 26.7 Å². The summed E-state index contributed by atoms with van der Waals surface area (Å²) in [5, 5.41) is 2.91. The molecule has 0 aliphatic heterocycles. The third kappa shape index (κ3) is 4.61. The van der Waals surface area contributed by atoms with Gasteiger partial charge in [0.05, 0.1) is 0 Å². The second-order valence-electron chi connectivity index (χ2n) is 5.02. The van der Waals surface area contributed by atoms with Gasteiger partial charge in [0.25, 0.3) is 0 Å². The maximum atomic E-state index is 12.0. The maximum Gasteiger partial charge on any atom is 0.317 e. The van der Waals surface area contributed by atoms with E-state index in [1.807, 2.05) is 54.6 Å². The second-order valence-corrected chi connectivity index (χ2v) is 5.02. The third-order valence-electron chi connectivity index (χ3n) is 3.31. The number of carbonyl (C=O) groups excluding carboxylic acids is 1. The van der Waals surface area contributed by atoms with Gasteiger partial charge in [0.1, 0.15) is 0 Å². The summed E-state index contributed by atoms with van der Waals surface area (Å²) < 4.78 is 0. The van der Waals surface area contributed by atoms with Crippen molar-refractivity contribution in [2.75, 3.05) is 7.05 Å². The van der Waals surface area contributed by atoms with E-state index in [1.165, 1.54) is 0 Å². The molecule has 0 spiro atoms. The van der Waals surface area contributed by atoms with Crippen LogP contribution >= 0.6 is 0 Å². The summed E-state index contributed by atoms with van der Waals surface area (Å²) in [5.41, 5.74) is 8.84. The van der Waals surface area contributed by atoms with Crippen molar-refractivity contribution in [1.29, 1.82) is 0 Å². The molecule has 0 saturated carbocycles. The van der Waals surface area contributed by atoms with Crippen LogP contribution in [0.15, 0.2) is 54.6 Å². The fourth-order valence-electron chi connectivity index (χ4n) is 2.03. The first-order valence-corrected chi connectivity index (χ1v) is 7.00. The van der Waals surface area contributed by atoms with Gasteiger partial charge in [0.15, 0.2) is 0 Å². The van der Waals surface area contributed by atoms with E-state index in [4.69, 9.17) is 5.73 Å². The highest BCUT2D eigenvalue weighted by molar-refractivity contribution is 5.73. The lowest BCUT2D eigenvalue weighted by atomic mass is 10.1. The molecule has 0 atom stereocenters. The van der Waals surface area contributed by atoms with Crippen molar-refractivity contribution in [3.05, 3.63) is 71.3 Å². The molecule has 0 unspecified atom stereocenters. The highest BCUT2D eigenvalue weighted by Crippen LogP contribution is 2.06. The summed E-state index contributed by atoms with van der Waals surface area (Å²) in [7, 11) is 1.79. The van der Waals surface area contributed by atoms with E-state index in [0.717, 1.165) is 16.7 Å². The summed E-state index contributed by atoms with van der Waals surface area (Å²) >= 11 is 0. The van der Waals surface area contributed by atoms with Crippen molar-refractivity contribution >= 4 is 6.03 Å². The van der Waals surface area contributed by atoms with Gasteiger partial charge < -0.3 is 16.0 Å². The molecular formula is C17H21N3O. The molecule has 2 aromatic carbocycles. The van der Waals surface area contributed by atoms with Gasteiger partial charge in [-0.2, -0.15) is 0 Å². The number of nitrogens with zero attached hydrogens (tertiary/aromatic N) is 1. The molecule has 4 nitrogen and oxygen atoms in total.